The van der Waals surface area contributed by atoms with Crippen LogP contribution < -0.4 is 15.5 Å². The summed E-state index contributed by atoms with van der Waals surface area (Å²) in [5.41, 5.74) is 2.37. The van der Waals surface area contributed by atoms with E-state index >= 15 is 0 Å². The topological polar surface area (TPSA) is 143 Å². The molecule has 0 aromatic heterocycles. The maximum Gasteiger partial charge on any atom is 0.270 e. The molecule has 2 amide bonds. The van der Waals surface area contributed by atoms with Gasteiger partial charge < -0.3 is 15.2 Å². The van der Waals surface area contributed by atoms with Crippen molar-refractivity contribution in [2.24, 2.45) is 5.10 Å². The van der Waals surface area contributed by atoms with Gasteiger partial charge in [0, 0.05) is 23.3 Å². The van der Waals surface area contributed by atoms with Gasteiger partial charge in [0.25, 0.3) is 17.5 Å². The number of rotatable bonds is 10. The minimum Gasteiger partial charge on any atom is -0.507 e. The Balaban J connectivity index is 1.81. The molecule has 0 aliphatic rings. The lowest BCUT2D eigenvalue weighted by molar-refractivity contribution is -0.384. The van der Waals surface area contributed by atoms with Crippen molar-refractivity contribution >= 4 is 23.7 Å². The van der Waals surface area contributed by atoms with Crippen molar-refractivity contribution < 1.29 is 24.4 Å². The number of hydrazone groups is 1. The number of nitro groups is 1. The van der Waals surface area contributed by atoms with E-state index in [1.165, 1.54) is 0 Å². The number of carbonyl (C=O) groups excluding carboxylic acids is 2. The number of unbranched alkanes of at least 4 members (excludes halogenated alkanes) is 1. The Bertz CT molecular complexity index is 927. The van der Waals surface area contributed by atoms with E-state index in [4.69, 9.17) is 4.74 Å². The SMILES string of the molecule is CCCCOc1ccc(C(=O)NCC(=O)N/N=C/c2cc([N+](=O)[O-])ccc2O)cc1. The van der Waals surface area contributed by atoms with E-state index in [9.17, 15) is 24.8 Å². The molecule has 0 heterocycles. The first kappa shape index (κ1) is 22.3. The van der Waals surface area contributed by atoms with Crippen molar-refractivity contribution in [2.45, 2.75) is 19.8 Å². The Labute approximate surface area is 172 Å². The Morgan fingerprint density at radius 1 is 1.23 bits per heavy atom. The molecule has 0 atom stereocenters. The van der Waals surface area contributed by atoms with Crippen LogP contribution in [0.25, 0.3) is 0 Å². The van der Waals surface area contributed by atoms with Gasteiger partial charge in [-0.2, -0.15) is 5.10 Å². The maximum atomic E-state index is 12.1. The summed E-state index contributed by atoms with van der Waals surface area (Å²) in [4.78, 5) is 34.0. The highest BCUT2D eigenvalue weighted by atomic mass is 16.6. The molecule has 158 valence electrons. The zero-order chi connectivity index (χ0) is 21.9. The van der Waals surface area contributed by atoms with Crippen molar-refractivity contribution in [1.29, 1.82) is 0 Å². The molecular formula is C20H22N4O6. The van der Waals surface area contributed by atoms with Crippen LogP contribution in [0.1, 0.15) is 35.7 Å². The predicted molar refractivity (Wildman–Crippen MR) is 110 cm³/mol. The molecule has 0 spiro atoms. The average molecular weight is 414 g/mol. The van der Waals surface area contributed by atoms with Gasteiger partial charge in [-0.1, -0.05) is 13.3 Å². The third-order valence-electron chi connectivity index (χ3n) is 3.91. The number of hydrogen-bond acceptors (Lipinski definition) is 7. The largest absolute Gasteiger partial charge is 0.507 e. The number of carbonyl (C=O) groups is 2. The van der Waals surface area contributed by atoms with Gasteiger partial charge in [-0.3, -0.25) is 19.7 Å². The molecule has 3 N–H and O–H groups in total. The van der Waals surface area contributed by atoms with Crippen molar-refractivity contribution in [1.82, 2.24) is 10.7 Å². The van der Waals surface area contributed by atoms with Gasteiger partial charge in [0.1, 0.15) is 11.5 Å². The Hall–Kier alpha value is -3.95. The normalized spacial score (nSPS) is 10.6. The molecule has 30 heavy (non-hydrogen) atoms. The summed E-state index contributed by atoms with van der Waals surface area (Å²) >= 11 is 0. The second-order valence-corrected chi connectivity index (χ2v) is 6.20. The number of phenols is 1. The van der Waals surface area contributed by atoms with Gasteiger partial charge in [-0.25, -0.2) is 5.43 Å². The van der Waals surface area contributed by atoms with Crippen LogP contribution in [0.5, 0.6) is 11.5 Å². The molecule has 0 fully saturated rings. The lowest BCUT2D eigenvalue weighted by Gasteiger charge is -2.07. The number of phenolic OH excluding ortho intramolecular Hbond substituents is 1. The molecule has 0 bridgehead atoms. The van der Waals surface area contributed by atoms with Gasteiger partial charge >= 0.3 is 0 Å². The first-order valence-electron chi connectivity index (χ1n) is 9.21. The molecule has 0 unspecified atom stereocenters. The second-order valence-electron chi connectivity index (χ2n) is 6.20. The number of non-ortho nitro benzene ring substituents is 1. The number of nitro benzene ring substituents is 1. The van der Waals surface area contributed by atoms with Crippen molar-refractivity contribution in [2.75, 3.05) is 13.2 Å². The Kier molecular flexibility index (Phi) is 8.30. The summed E-state index contributed by atoms with van der Waals surface area (Å²) in [7, 11) is 0. The number of aromatic hydroxyl groups is 1. The van der Waals surface area contributed by atoms with Crippen LogP contribution in [-0.4, -0.2) is 41.2 Å². The minimum absolute atomic E-state index is 0.0646. The fraction of sp³-hybridized carbons (Fsp3) is 0.250. The smallest absolute Gasteiger partial charge is 0.270 e. The molecule has 10 heteroatoms. The highest BCUT2D eigenvalue weighted by Crippen LogP contribution is 2.21. The Morgan fingerprint density at radius 3 is 2.63 bits per heavy atom. The quantitative estimate of drug-likeness (QED) is 0.236. The molecule has 10 nitrogen and oxygen atoms in total. The summed E-state index contributed by atoms with van der Waals surface area (Å²) in [5.74, 6) is -0.611. The highest BCUT2D eigenvalue weighted by molar-refractivity contribution is 5.96. The van der Waals surface area contributed by atoms with Crippen molar-refractivity contribution in [3.05, 3.63) is 63.7 Å². The fourth-order valence-corrected chi connectivity index (χ4v) is 2.27. The monoisotopic (exact) mass is 414 g/mol. The van der Waals surface area contributed by atoms with Gasteiger partial charge in [-0.15, -0.1) is 0 Å². The van der Waals surface area contributed by atoms with Crippen LogP contribution >= 0.6 is 0 Å². The molecule has 0 saturated carbocycles. The van der Waals surface area contributed by atoms with Crippen LogP contribution in [0.3, 0.4) is 0 Å². The standard InChI is InChI=1S/C20H22N4O6/c1-2-3-10-30-17-7-4-14(5-8-17)20(27)21-13-19(26)23-22-12-15-11-16(24(28)29)6-9-18(15)25/h4-9,11-12,25H,2-3,10,13H2,1H3,(H,21,27)(H,23,26)/b22-12+. The lowest BCUT2D eigenvalue weighted by atomic mass is 10.2. The van der Waals surface area contributed by atoms with Gasteiger partial charge in [-0.05, 0) is 36.8 Å². The third kappa shape index (κ3) is 6.89. The number of nitrogens with zero attached hydrogens (tertiary/aromatic N) is 2. The third-order valence-corrected chi connectivity index (χ3v) is 3.91. The van der Waals surface area contributed by atoms with Gasteiger partial charge in [0.2, 0.25) is 0 Å². The molecule has 0 saturated heterocycles. The first-order chi connectivity index (χ1) is 14.4. The number of nitrogens with one attached hydrogen (secondary N) is 2. The van der Waals surface area contributed by atoms with E-state index in [1.807, 2.05) is 0 Å². The molecule has 0 aliphatic heterocycles. The first-order valence-corrected chi connectivity index (χ1v) is 9.21. The molecule has 2 rings (SSSR count). The summed E-state index contributed by atoms with van der Waals surface area (Å²) in [6, 6.07) is 9.96. The van der Waals surface area contributed by atoms with E-state index in [0.717, 1.165) is 37.3 Å². The Morgan fingerprint density at radius 2 is 1.97 bits per heavy atom. The number of ether oxygens (including phenoxy) is 1. The number of benzene rings is 2. The predicted octanol–water partition coefficient (Wildman–Crippen LogP) is 2.36. The molecule has 0 aliphatic carbocycles. The minimum atomic E-state index is -0.616. The van der Waals surface area contributed by atoms with E-state index < -0.39 is 16.7 Å². The van der Waals surface area contributed by atoms with Crippen LogP contribution in [0.2, 0.25) is 0 Å². The van der Waals surface area contributed by atoms with Crippen molar-refractivity contribution in [3.8, 4) is 11.5 Å². The molecule has 2 aromatic carbocycles. The van der Waals surface area contributed by atoms with Crippen LogP contribution in [0.15, 0.2) is 47.6 Å². The summed E-state index contributed by atoms with van der Waals surface area (Å²) < 4.78 is 5.52. The average Bonchev–Trinajstić information content (AvgIpc) is 2.74. The molecule has 2 aromatic rings. The van der Waals surface area contributed by atoms with E-state index in [2.05, 4.69) is 22.8 Å². The maximum absolute atomic E-state index is 12.1. The molecular weight excluding hydrogens is 392 g/mol. The van der Waals surface area contributed by atoms with Crippen LogP contribution in [0.4, 0.5) is 5.69 Å². The summed E-state index contributed by atoms with van der Waals surface area (Å²) in [6.07, 6.45) is 3.04. The van der Waals surface area contributed by atoms with Crippen LogP contribution in [0, 0.1) is 10.1 Å². The zero-order valence-electron chi connectivity index (χ0n) is 16.3. The summed E-state index contributed by atoms with van der Waals surface area (Å²) in [6.45, 7) is 2.35. The van der Waals surface area contributed by atoms with Gasteiger partial charge in [0.15, 0.2) is 0 Å². The number of amides is 2. The fourth-order valence-electron chi connectivity index (χ4n) is 2.27. The van der Waals surface area contributed by atoms with Crippen molar-refractivity contribution in [3.63, 3.8) is 0 Å². The van der Waals surface area contributed by atoms with Crippen LogP contribution in [-0.2, 0) is 4.79 Å². The highest BCUT2D eigenvalue weighted by Gasteiger charge is 2.10. The lowest BCUT2D eigenvalue weighted by Crippen LogP contribution is -2.34. The number of hydrogen-bond donors (Lipinski definition) is 3. The van der Waals surface area contributed by atoms with E-state index in [-0.39, 0.29) is 23.5 Å². The zero-order valence-corrected chi connectivity index (χ0v) is 16.3. The summed E-state index contributed by atoms with van der Waals surface area (Å²) in [5, 5.41) is 26.5. The van der Waals surface area contributed by atoms with E-state index in [0.29, 0.717) is 17.9 Å². The molecule has 0 radical (unpaired) electrons. The second kappa shape index (κ2) is 11.1. The van der Waals surface area contributed by atoms with Gasteiger partial charge in [0.05, 0.1) is 24.3 Å². The van der Waals surface area contributed by atoms with E-state index in [1.54, 1.807) is 24.3 Å².